The van der Waals surface area contributed by atoms with Gasteiger partial charge in [0.25, 0.3) is 0 Å². The second-order valence-corrected chi connectivity index (χ2v) is 4.21. The minimum absolute atomic E-state index is 0.172. The highest BCUT2D eigenvalue weighted by Gasteiger charge is 2.28. The molecule has 0 aromatic heterocycles. The van der Waals surface area contributed by atoms with Gasteiger partial charge in [0, 0.05) is 12.5 Å². The maximum Gasteiger partial charge on any atom is 0.185 e. The molecule has 0 radical (unpaired) electrons. The summed E-state index contributed by atoms with van der Waals surface area (Å²) in [6.45, 7) is 0.991. The highest BCUT2D eigenvalue weighted by atomic mass is 16.3. The smallest absolute Gasteiger partial charge is 0.185 e. The van der Waals surface area contributed by atoms with E-state index in [0.717, 1.165) is 38.5 Å². The number of aliphatic hydroxyl groups is 1. The van der Waals surface area contributed by atoms with Crippen LogP contribution in [0.25, 0.3) is 0 Å². The maximum atomic E-state index is 10.1. The Bertz CT molecular complexity index is 211. The molecule has 0 spiro atoms. The third-order valence-corrected chi connectivity index (χ3v) is 3.02. The molecule has 15 heavy (non-hydrogen) atoms. The van der Waals surface area contributed by atoms with Crippen molar-refractivity contribution < 1.29 is 9.90 Å². The molecular weight excluding hydrogens is 189 g/mol. The molecule has 2 atom stereocenters. The lowest BCUT2D eigenvalue weighted by molar-refractivity contribution is -0.107. The fourth-order valence-electron chi connectivity index (χ4n) is 2.00. The van der Waals surface area contributed by atoms with Crippen molar-refractivity contribution in [2.45, 2.75) is 44.2 Å². The summed E-state index contributed by atoms with van der Waals surface area (Å²) >= 11 is 0. The van der Waals surface area contributed by atoms with E-state index in [-0.39, 0.29) is 12.1 Å². The quantitative estimate of drug-likeness (QED) is 0.296. The van der Waals surface area contributed by atoms with Crippen LogP contribution in [0.4, 0.5) is 0 Å². The van der Waals surface area contributed by atoms with E-state index < -0.39 is 0 Å². The number of rotatable bonds is 6. The van der Waals surface area contributed by atoms with Gasteiger partial charge in [-0.05, 0) is 32.2 Å². The Hall–Kier alpha value is -0.605. The molecule has 0 aromatic rings. The van der Waals surface area contributed by atoms with E-state index in [1.807, 2.05) is 0 Å². The number of nitrogens with zero attached hydrogens (tertiary/aromatic N) is 1. The number of aldehydes is 1. The Balaban J connectivity index is 2.15. The Morgan fingerprint density at radius 2 is 2.20 bits per heavy atom. The largest absolute Gasteiger partial charge is 0.391 e. The van der Waals surface area contributed by atoms with Gasteiger partial charge in [0.05, 0.1) is 6.10 Å². The lowest BCUT2D eigenvalue weighted by Gasteiger charge is -2.20. The van der Waals surface area contributed by atoms with Crippen molar-refractivity contribution in [3.05, 3.63) is 12.2 Å². The monoisotopic (exact) mass is 209 g/mol. The predicted molar refractivity (Wildman–Crippen MR) is 63.3 cm³/mol. The zero-order valence-electron chi connectivity index (χ0n) is 9.43. The average molecular weight is 209 g/mol. The first-order valence-electron chi connectivity index (χ1n) is 5.72. The highest BCUT2D eigenvalue weighted by Crippen LogP contribution is 2.18. The van der Waals surface area contributed by atoms with Gasteiger partial charge in [0.1, 0.15) is 6.29 Å². The van der Waals surface area contributed by atoms with E-state index in [4.69, 9.17) is 0 Å². The molecule has 0 aliphatic carbocycles. The molecule has 1 aliphatic heterocycles. The van der Waals surface area contributed by atoms with Crippen LogP contribution in [0.15, 0.2) is 12.2 Å². The number of allylic oxidation sites excluding steroid dienone is 1. The fourth-order valence-corrected chi connectivity index (χ4v) is 2.00. The summed E-state index contributed by atoms with van der Waals surface area (Å²) in [4.78, 5) is 12.3. The van der Waals surface area contributed by atoms with Gasteiger partial charge in [0.15, 0.2) is 7.98 Å². The Kier molecular flexibility index (Phi) is 5.65. The lowest BCUT2D eigenvalue weighted by Crippen LogP contribution is -2.32. The Labute approximate surface area is 92.6 Å². The number of hydrogen-bond donors (Lipinski definition) is 1. The summed E-state index contributed by atoms with van der Waals surface area (Å²) in [5, 5.41) is 9.68. The van der Waals surface area contributed by atoms with Gasteiger partial charge in [-0.25, -0.2) is 0 Å². The van der Waals surface area contributed by atoms with E-state index in [1.54, 1.807) is 0 Å². The highest BCUT2D eigenvalue weighted by molar-refractivity contribution is 6.04. The molecule has 0 bridgehead atoms. The molecule has 84 valence electrons. The molecule has 1 aliphatic rings. The molecule has 0 amide bonds. The minimum Gasteiger partial charge on any atom is -0.391 e. The summed E-state index contributed by atoms with van der Waals surface area (Å²) in [6, 6.07) is 0.285. The molecular formula is C11H20BNO2. The molecule has 0 unspecified atom stereocenters. The van der Waals surface area contributed by atoms with Crippen LogP contribution in [0.2, 0.25) is 0 Å². The molecule has 3 nitrogen and oxygen atoms in total. The average Bonchev–Trinajstić information content (AvgIpc) is 2.54. The molecule has 0 aromatic carbocycles. The van der Waals surface area contributed by atoms with Gasteiger partial charge in [0.2, 0.25) is 0 Å². The van der Waals surface area contributed by atoms with Crippen LogP contribution in [0.1, 0.15) is 32.1 Å². The van der Waals surface area contributed by atoms with E-state index in [2.05, 4.69) is 24.9 Å². The second-order valence-electron chi connectivity index (χ2n) is 4.21. The third kappa shape index (κ3) is 4.18. The molecule has 1 rings (SSSR count). The van der Waals surface area contributed by atoms with Gasteiger partial charge in [-0.3, -0.25) is 0 Å². The molecule has 1 saturated heterocycles. The zero-order valence-corrected chi connectivity index (χ0v) is 9.43. The van der Waals surface area contributed by atoms with E-state index >= 15 is 0 Å². The molecule has 1 N–H and O–H groups in total. The Morgan fingerprint density at radius 1 is 1.40 bits per heavy atom. The number of unbranched alkanes of at least 4 members (excludes halogenated alkanes) is 2. The summed E-state index contributed by atoms with van der Waals surface area (Å²) in [5.41, 5.74) is 0. The normalized spacial score (nSPS) is 27.5. The number of carbonyl (C=O) groups excluding carboxylic acids is 1. The van der Waals surface area contributed by atoms with Crippen LogP contribution < -0.4 is 0 Å². The van der Waals surface area contributed by atoms with Crippen molar-refractivity contribution in [1.29, 1.82) is 0 Å². The SMILES string of the molecule is BN1CC[C@H](O)[C@@H]1C/C=C\CCCC=O. The Morgan fingerprint density at radius 3 is 2.80 bits per heavy atom. The van der Waals surface area contributed by atoms with Crippen molar-refractivity contribution in [3.63, 3.8) is 0 Å². The van der Waals surface area contributed by atoms with Crippen molar-refractivity contribution in [3.8, 4) is 0 Å². The minimum atomic E-state index is -0.172. The topological polar surface area (TPSA) is 40.5 Å². The van der Waals surface area contributed by atoms with E-state index in [1.165, 1.54) is 0 Å². The summed E-state index contributed by atoms with van der Waals surface area (Å²) in [5.74, 6) is 0. The van der Waals surface area contributed by atoms with Crippen LogP contribution in [0.3, 0.4) is 0 Å². The van der Waals surface area contributed by atoms with Gasteiger partial charge in [-0.2, -0.15) is 0 Å². The van der Waals surface area contributed by atoms with Crippen LogP contribution in [0.5, 0.6) is 0 Å². The van der Waals surface area contributed by atoms with E-state index in [0.29, 0.717) is 6.42 Å². The third-order valence-electron chi connectivity index (χ3n) is 3.02. The van der Waals surface area contributed by atoms with Crippen LogP contribution in [0, 0.1) is 0 Å². The number of carbonyl (C=O) groups is 1. The van der Waals surface area contributed by atoms with Gasteiger partial charge in [-0.15, -0.1) is 0 Å². The van der Waals surface area contributed by atoms with Gasteiger partial charge < -0.3 is 14.7 Å². The van der Waals surface area contributed by atoms with Gasteiger partial charge in [-0.1, -0.05) is 12.2 Å². The standard InChI is InChI=1S/C11H20BNO2/c12-13-8-7-11(15)10(13)6-4-2-1-3-5-9-14/h2,4,9-11,15H,1,3,5-8,12H2/b4-2-/t10-,11-/m0/s1. The number of hydrogen-bond acceptors (Lipinski definition) is 3. The van der Waals surface area contributed by atoms with Crippen LogP contribution in [-0.4, -0.2) is 42.9 Å². The second kappa shape index (κ2) is 6.80. The first-order valence-corrected chi connectivity index (χ1v) is 5.72. The van der Waals surface area contributed by atoms with E-state index in [9.17, 15) is 9.90 Å². The lowest BCUT2D eigenvalue weighted by atomic mass is 10.1. The molecule has 1 fully saturated rings. The molecule has 4 heteroatoms. The van der Waals surface area contributed by atoms with Crippen LogP contribution in [-0.2, 0) is 4.79 Å². The summed E-state index contributed by atoms with van der Waals surface area (Å²) in [6.07, 6.45) is 9.38. The molecule has 1 heterocycles. The summed E-state index contributed by atoms with van der Waals surface area (Å²) in [7, 11) is 2.06. The maximum absolute atomic E-state index is 10.1. The van der Waals surface area contributed by atoms with Crippen molar-refractivity contribution in [2.75, 3.05) is 6.54 Å². The molecule has 0 saturated carbocycles. The zero-order chi connectivity index (χ0) is 11.1. The van der Waals surface area contributed by atoms with Crippen molar-refractivity contribution in [2.24, 2.45) is 0 Å². The summed E-state index contributed by atoms with van der Waals surface area (Å²) < 4.78 is 0. The van der Waals surface area contributed by atoms with Crippen molar-refractivity contribution >= 4 is 14.3 Å². The first-order chi connectivity index (χ1) is 7.25. The predicted octanol–water partition coefficient (Wildman–Crippen LogP) is 0.285. The first kappa shape index (κ1) is 12.5. The fraction of sp³-hybridized carbons (Fsp3) is 0.727. The van der Waals surface area contributed by atoms with Crippen LogP contribution >= 0.6 is 0 Å². The van der Waals surface area contributed by atoms with Gasteiger partial charge >= 0.3 is 0 Å². The van der Waals surface area contributed by atoms with Crippen molar-refractivity contribution in [1.82, 2.24) is 4.81 Å². The number of aliphatic hydroxyl groups excluding tert-OH is 1.